The van der Waals surface area contributed by atoms with Gasteiger partial charge in [0.1, 0.15) is 4.21 Å². The molecule has 14 heavy (non-hydrogen) atoms. The number of rotatable bonds is 3. The van der Waals surface area contributed by atoms with Crippen molar-refractivity contribution in [3.8, 4) is 6.07 Å². The zero-order valence-electron chi connectivity index (χ0n) is 7.40. The number of hydrogen-bond donors (Lipinski definition) is 0. The Bertz CT molecular complexity index is 458. The van der Waals surface area contributed by atoms with E-state index in [4.69, 9.17) is 5.26 Å². The molecule has 76 valence electrons. The molecule has 0 saturated heterocycles. The van der Waals surface area contributed by atoms with E-state index < -0.39 is 15.8 Å². The molecule has 3 nitrogen and oxygen atoms in total. The van der Waals surface area contributed by atoms with Crippen molar-refractivity contribution >= 4 is 37.1 Å². The fraction of sp³-hybridized carbons (Fsp3) is 0.375. The second-order valence-electron chi connectivity index (χ2n) is 2.87. The molecule has 1 heterocycles. The van der Waals surface area contributed by atoms with Crippen LogP contribution in [0.3, 0.4) is 0 Å². The number of thiophene rings is 1. The lowest BCUT2D eigenvalue weighted by atomic mass is 10.3. The van der Waals surface area contributed by atoms with E-state index in [9.17, 15) is 8.42 Å². The zero-order chi connectivity index (χ0) is 10.8. The second-order valence-corrected chi connectivity index (χ2v) is 7.59. The van der Waals surface area contributed by atoms with E-state index in [1.54, 1.807) is 19.1 Å². The quantitative estimate of drug-likeness (QED) is 0.860. The Morgan fingerprint density at radius 2 is 2.29 bits per heavy atom. The molecule has 1 atom stereocenters. The van der Waals surface area contributed by atoms with Crippen molar-refractivity contribution in [3.05, 3.63) is 15.9 Å². The topological polar surface area (TPSA) is 57.9 Å². The molecule has 0 saturated carbocycles. The third kappa shape index (κ3) is 2.80. The predicted octanol–water partition coefficient (Wildman–Crippen LogP) is 2.44. The Kier molecular flexibility index (Phi) is 3.70. The molecule has 1 rings (SSSR count). The normalized spacial score (nSPS) is 13.5. The first-order valence-electron chi connectivity index (χ1n) is 3.83. The van der Waals surface area contributed by atoms with Gasteiger partial charge in [-0.15, -0.1) is 11.3 Å². The first-order chi connectivity index (χ1) is 6.45. The van der Waals surface area contributed by atoms with Gasteiger partial charge in [-0.2, -0.15) is 5.26 Å². The summed E-state index contributed by atoms with van der Waals surface area (Å²) in [7, 11) is -3.28. The van der Waals surface area contributed by atoms with Crippen molar-refractivity contribution in [2.75, 3.05) is 5.75 Å². The van der Waals surface area contributed by atoms with Crippen molar-refractivity contribution in [2.24, 2.45) is 5.92 Å². The SMILES string of the molecule is CC(C#N)CS(=O)(=O)c1ccc(Br)s1. The summed E-state index contributed by atoms with van der Waals surface area (Å²) in [6.07, 6.45) is 0. The lowest BCUT2D eigenvalue weighted by molar-refractivity contribution is 0.591. The number of hydrogen-bond acceptors (Lipinski definition) is 4. The lowest BCUT2D eigenvalue weighted by Crippen LogP contribution is -2.11. The Morgan fingerprint density at radius 1 is 1.64 bits per heavy atom. The Hall–Kier alpha value is -0.380. The Morgan fingerprint density at radius 3 is 2.71 bits per heavy atom. The van der Waals surface area contributed by atoms with E-state index in [1.807, 2.05) is 6.07 Å². The first-order valence-corrected chi connectivity index (χ1v) is 7.09. The molecule has 1 unspecified atom stereocenters. The highest BCUT2D eigenvalue weighted by Gasteiger charge is 2.19. The van der Waals surface area contributed by atoms with Crippen LogP contribution in [0.2, 0.25) is 0 Å². The van der Waals surface area contributed by atoms with Crippen LogP contribution in [0.4, 0.5) is 0 Å². The molecule has 0 N–H and O–H groups in total. The van der Waals surface area contributed by atoms with Crippen LogP contribution in [-0.4, -0.2) is 14.2 Å². The van der Waals surface area contributed by atoms with E-state index in [0.717, 1.165) is 3.79 Å². The Balaban J connectivity index is 2.93. The van der Waals surface area contributed by atoms with Crippen molar-refractivity contribution in [1.29, 1.82) is 5.26 Å². The highest BCUT2D eigenvalue weighted by atomic mass is 79.9. The summed E-state index contributed by atoms with van der Waals surface area (Å²) in [6, 6.07) is 5.15. The molecule has 0 amide bonds. The standard InChI is InChI=1S/C8H8BrNO2S2/c1-6(4-10)5-14(11,12)8-3-2-7(9)13-8/h2-3,6H,5H2,1H3. The molecule has 0 aromatic carbocycles. The number of halogens is 1. The maximum Gasteiger partial charge on any atom is 0.189 e. The van der Waals surface area contributed by atoms with E-state index in [2.05, 4.69) is 15.9 Å². The maximum absolute atomic E-state index is 11.7. The van der Waals surface area contributed by atoms with Crippen LogP contribution in [0.5, 0.6) is 0 Å². The summed E-state index contributed by atoms with van der Waals surface area (Å²) >= 11 is 4.36. The number of nitrogens with zero attached hydrogens (tertiary/aromatic N) is 1. The van der Waals surface area contributed by atoms with Crippen molar-refractivity contribution < 1.29 is 8.42 Å². The minimum absolute atomic E-state index is 0.115. The molecule has 1 aromatic rings. The van der Waals surface area contributed by atoms with Crippen LogP contribution in [0.15, 0.2) is 20.1 Å². The molecule has 0 spiro atoms. The molecule has 0 aliphatic rings. The van der Waals surface area contributed by atoms with Gasteiger partial charge >= 0.3 is 0 Å². The number of nitriles is 1. The van der Waals surface area contributed by atoms with Crippen molar-refractivity contribution in [3.63, 3.8) is 0 Å². The van der Waals surface area contributed by atoms with Crippen molar-refractivity contribution in [1.82, 2.24) is 0 Å². The van der Waals surface area contributed by atoms with Gasteiger partial charge in [0.15, 0.2) is 9.84 Å². The summed E-state index contributed by atoms with van der Waals surface area (Å²) in [6.45, 7) is 1.60. The molecule has 0 aliphatic carbocycles. The molecule has 1 aromatic heterocycles. The smallest absolute Gasteiger partial charge is 0.189 e. The average molecular weight is 294 g/mol. The molecular formula is C8H8BrNO2S2. The van der Waals surface area contributed by atoms with Crippen molar-refractivity contribution in [2.45, 2.75) is 11.1 Å². The summed E-state index contributed by atoms with van der Waals surface area (Å²) in [4.78, 5) is 0. The molecule has 0 fully saturated rings. The molecule has 0 bridgehead atoms. The first kappa shape index (κ1) is 11.7. The van der Waals surface area contributed by atoms with Crippen LogP contribution >= 0.6 is 27.3 Å². The fourth-order valence-corrected chi connectivity index (χ4v) is 4.51. The molecular weight excluding hydrogens is 286 g/mol. The van der Waals surface area contributed by atoms with Gasteiger partial charge in [-0.25, -0.2) is 8.42 Å². The van der Waals surface area contributed by atoms with Gasteiger partial charge in [-0.3, -0.25) is 0 Å². The minimum Gasteiger partial charge on any atom is -0.223 e. The predicted molar refractivity (Wildman–Crippen MR) is 58.8 cm³/mol. The summed E-state index contributed by atoms with van der Waals surface area (Å²) < 4.78 is 24.4. The van der Waals surface area contributed by atoms with E-state index in [1.165, 1.54) is 11.3 Å². The van der Waals surface area contributed by atoms with Gasteiger partial charge in [0.25, 0.3) is 0 Å². The van der Waals surface area contributed by atoms with Gasteiger partial charge in [-0.05, 0) is 35.0 Å². The lowest BCUT2D eigenvalue weighted by Gasteiger charge is -2.01. The average Bonchev–Trinajstić information content (AvgIpc) is 2.51. The van der Waals surface area contributed by atoms with E-state index in [-0.39, 0.29) is 5.75 Å². The number of sulfone groups is 1. The monoisotopic (exact) mass is 293 g/mol. The van der Waals surface area contributed by atoms with Crippen LogP contribution in [0.25, 0.3) is 0 Å². The molecule has 0 aliphatic heterocycles. The fourth-order valence-electron chi connectivity index (χ4n) is 0.913. The van der Waals surface area contributed by atoms with Gasteiger partial charge < -0.3 is 0 Å². The van der Waals surface area contributed by atoms with Gasteiger partial charge in [-0.1, -0.05) is 0 Å². The summed E-state index contributed by atoms with van der Waals surface area (Å²) in [5.74, 6) is -0.586. The third-order valence-corrected chi connectivity index (χ3v) is 5.66. The Labute approximate surface area is 95.4 Å². The summed E-state index contributed by atoms with van der Waals surface area (Å²) in [5, 5.41) is 8.53. The minimum atomic E-state index is -3.28. The highest BCUT2D eigenvalue weighted by Crippen LogP contribution is 2.27. The maximum atomic E-state index is 11.7. The molecule has 6 heteroatoms. The highest BCUT2D eigenvalue weighted by molar-refractivity contribution is 9.11. The third-order valence-electron chi connectivity index (χ3n) is 1.54. The van der Waals surface area contributed by atoms with Crippen LogP contribution in [-0.2, 0) is 9.84 Å². The van der Waals surface area contributed by atoms with Gasteiger partial charge in [0.2, 0.25) is 0 Å². The largest absolute Gasteiger partial charge is 0.223 e. The summed E-state index contributed by atoms with van der Waals surface area (Å²) in [5.41, 5.74) is 0. The van der Waals surface area contributed by atoms with E-state index >= 15 is 0 Å². The van der Waals surface area contributed by atoms with E-state index in [0.29, 0.717) is 4.21 Å². The van der Waals surface area contributed by atoms with Crippen LogP contribution in [0, 0.1) is 17.2 Å². The zero-order valence-corrected chi connectivity index (χ0v) is 10.6. The molecule has 0 radical (unpaired) electrons. The van der Waals surface area contributed by atoms with Gasteiger partial charge in [0, 0.05) is 0 Å². The van der Waals surface area contributed by atoms with Gasteiger partial charge in [0.05, 0.1) is 21.5 Å². The van der Waals surface area contributed by atoms with Crippen LogP contribution < -0.4 is 0 Å². The second kappa shape index (κ2) is 4.43. The van der Waals surface area contributed by atoms with Crippen LogP contribution in [0.1, 0.15) is 6.92 Å².